The van der Waals surface area contributed by atoms with Gasteiger partial charge in [0.2, 0.25) is 10.2 Å². The van der Waals surface area contributed by atoms with Crippen molar-refractivity contribution >= 4 is 55.6 Å². The first-order valence-electron chi connectivity index (χ1n) is 14.4. The SMILES string of the molecule is CC(C)(C)OC(=O)NCCCOCC1=CC2=CN(CC(=O)N(CCNS(=O)(=O)c3nc4ccccc4s3)CC(=O)O)C(=O)NC2N1. The maximum absolute atomic E-state index is 13.1. The lowest BCUT2D eigenvalue weighted by molar-refractivity contribution is -0.144. The number of carboxylic acids is 1. The highest BCUT2D eigenvalue weighted by Gasteiger charge is 2.32. The first-order chi connectivity index (χ1) is 21.7. The summed E-state index contributed by atoms with van der Waals surface area (Å²) in [4.78, 5) is 55.2. The van der Waals surface area contributed by atoms with Crippen molar-refractivity contribution in [3.63, 3.8) is 0 Å². The molecule has 0 fully saturated rings. The van der Waals surface area contributed by atoms with Crippen molar-refractivity contribution in [2.24, 2.45) is 0 Å². The van der Waals surface area contributed by atoms with E-state index < -0.39 is 58.9 Å². The van der Waals surface area contributed by atoms with Gasteiger partial charge >= 0.3 is 18.1 Å². The summed E-state index contributed by atoms with van der Waals surface area (Å²) in [5.74, 6) is -1.98. The summed E-state index contributed by atoms with van der Waals surface area (Å²) in [6.45, 7) is 4.62. The van der Waals surface area contributed by atoms with E-state index in [2.05, 4.69) is 25.7 Å². The lowest BCUT2D eigenvalue weighted by atomic mass is 10.2. The largest absolute Gasteiger partial charge is 0.480 e. The normalized spacial score (nSPS) is 16.2. The molecule has 3 heterocycles. The van der Waals surface area contributed by atoms with Crippen molar-refractivity contribution < 1.29 is 42.2 Å². The number of rotatable bonds is 15. The molecule has 0 aliphatic carbocycles. The maximum Gasteiger partial charge on any atom is 0.407 e. The lowest BCUT2D eigenvalue weighted by Crippen LogP contribution is -2.54. The van der Waals surface area contributed by atoms with Gasteiger partial charge < -0.3 is 35.4 Å². The number of alkyl carbamates (subject to hydrolysis) is 1. The van der Waals surface area contributed by atoms with Crippen molar-refractivity contribution in [3.8, 4) is 0 Å². The van der Waals surface area contributed by atoms with Gasteiger partial charge in [-0.05, 0) is 45.4 Å². The van der Waals surface area contributed by atoms with Gasteiger partial charge in [-0.25, -0.2) is 27.7 Å². The van der Waals surface area contributed by atoms with Gasteiger partial charge in [0.25, 0.3) is 10.0 Å². The molecular formula is C28H37N7O9S2. The Hall–Kier alpha value is -4.26. The van der Waals surface area contributed by atoms with E-state index in [0.717, 1.165) is 21.1 Å². The predicted octanol–water partition coefficient (Wildman–Crippen LogP) is 1.14. The number of amides is 4. The zero-order valence-corrected chi connectivity index (χ0v) is 27.2. The number of para-hydroxylation sites is 1. The van der Waals surface area contributed by atoms with Gasteiger partial charge in [0.15, 0.2) is 0 Å². The smallest absolute Gasteiger partial charge is 0.407 e. The van der Waals surface area contributed by atoms with Crippen LogP contribution in [-0.4, -0.2) is 110 Å². The van der Waals surface area contributed by atoms with Crippen LogP contribution in [0.2, 0.25) is 0 Å². The minimum absolute atomic E-state index is 0.144. The number of hydrogen-bond donors (Lipinski definition) is 5. The number of aromatic nitrogens is 1. The Morgan fingerprint density at radius 2 is 1.93 bits per heavy atom. The summed E-state index contributed by atoms with van der Waals surface area (Å²) < 4.78 is 39.2. The fourth-order valence-corrected chi connectivity index (χ4v) is 6.66. The molecule has 18 heteroatoms. The number of ether oxygens (including phenoxy) is 2. The van der Waals surface area contributed by atoms with Crippen molar-refractivity contribution in [2.45, 2.75) is 43.3 Å². The van der Waals surface area contributed by atoms with Gasteiger partial charge in [-0.3, -0.25) is 14.5 Å². The zero-order chi connectivity index (χ0) is 33.5. The number of benzene rings is 1. The number of nitrogens with one attached hydrogen (secondary N) is 4. The van der Waals surface area contributed by atoms with Crippen LogP contribution in [0.4, 0.5) is 9.59 Å². The van der Waals surface area contributed by atoms with Crippen LogP contribution in [-0.2, 0) is 29.1 Å². The number of sulfonamides is 1. The highest BCUT2D eigenvalue weighted by atomic mass is 32.2. The second kappa shape index (κ2) is 14.9. The minimum atomic E-state index is -4.00. The molecule has 16 nitrogen and oxygen atoms in total. The minimum Gasteiger partial charge on any atom is -0.480 e. The third kappa shape index (κ3) is 9.87. The Morgan fingerprint density at radius 1 is 1.17 bits per heavy atom. The van der Waals surface area contributed by atoms with E-state index in [-0.39, 0.29) is 24.0 Å². The quantitative estimate of drug-likeness (QED) is 0.169. The van der Waals surface area contributed by atoms with Gasteiger partial charge in [-0.2, -0.15) is 0 Å². The summed E-state index contributed by atoms with van der Waals surface area (Å²) in [5.41, 5.74) is 1.30. The average Bonchev–Trinajstić information content (AvgIpc) is 3.57. The van der Waals surface area contributed by atoms with E-state index in [1.54, 1.807) is 51.1 Å². The number of aliphatic carboxylic acids is 1. The van der Waals surface area contributed by atoms with E-state index in [0.29, 0.717) is 41.1 Å². The molecular weight excluding hydrogens is 642 g/mol. The first-order valence-corrected chi connectivity index (χ1v) is 16.7. The van der Waals surface area contributed by atoms with Crippen LogP contribution < -0.4 is 20.7 Å². The molecule has 0 spiro atoms. The Balaban J connectivity index is 1.26. The Kier molecular flexibility index (Phi) is 11.2. The fourth-order valence-electron chi connectivity index (χ4n) is 4.38. The Labute approximate surface area is 269 Å². The van der Waals surface area contributed by atoms with Gasteiger partial charge in [-0.15, -0.1) is 11.3 Å². The molecule has 5 N–H and O–H groups in total. The molecule has 1 aromatic carbocycles. The molecule has 2 aromatic rings. The number of hydrogen-bond acceptors (Lipinski definition) is 11. The molecule has 2 aliphatic heterocycles. The summed E-state index contributed by atoms with van der Waals surface area (Å²) in [6, 6.07) is 6.37. The molecule has 46 heavy (non-hydrogen) atoms. The molecule has 250 valence electrons. The summed E-state index contributed by atoms with van der Waals surface area (Å²) in [6.07, 6.45) is 2.78. The molecule has 1 unspecified atom stereocenters. The summed E-state index contributed by atoms with van der Waals surface area (Å²) in [7, 11) is -4.00. The fraction of sp³-hybridized carbons (Fsp3) is 0.464. The second-order valence-electron chi connectivity index (χ2n) is 11.3. The number of nitrogens with zero attached hydrogens (tertiary/aromatic N) is 3. The van der Waals surface area contributed by atoms with Crippen LogP contribution >= 0.6 is 11.3 Å². The average molecular weight is 680 g/mol. The van der Waals surface area contributed by atoms with Crippen LogP contribution in [0, 0.1) is 0 Å². The van der Waals surface area contributed by atoms with Crippen LogP contribution in [0.1, 0.15) is 27.2 Å². The van der Waals surface area contributed by atoms with E-state index in [4.69, 9.17) is 9.47 Å². The molecule has 0 saturated heterocycles. The Bertz CT molecular complexity index is 1600. The predicted molar refractivity (Wildman–Crippen MR) is 167 cm³/mol. The van der Waals surface area contributed by atoms with E-state index in [1.165, 1.54) is 6.20 Å². The summed E-state index contributed by atoms with van der Waals surface area (Å²) in [5, 5.41) is 17.9. The summed E-state index contributed by atoms with van der Waals surface area (Å²) >= 11 is 0.991. The second-order valence-corrected chi connectivity index (χ2v) is 14.3. The van der Waals surface area contributed by atoms with Crippen molar-refractivity contribution in [1.29, 1.82) is 0 Å². The van der Waals surface area contributed by atoms with Crippen LogP contribution in [0.5, 0.6) is 0 Å². The topological polar surface area (TPSA) is 209 Å². The number of carbonyl (C=O) groups excluding carboxylic acids is 3. The number of carbonyl (C=O) groups is 4. The standard InChI is InChI=1S/C28H37N7O9S2/c1-28(2,3)44-26(40)29-9-6-12-43-17-19-13-18-14-35(25(39)33-24(18)31-19)15-22(36)34(16-23(37)38)11-10-30-46(41,42)27-32-20-7-4-5-8-21(20)45-27/h4-5,7-8,13-14,24,30-31H,6,9-12,15-17H2,1-3H3,(H,29,40)(H,33,39)(H,37,38). The van der Waals surface area contributed by atoms with Crippen LogP contribution in [0.15, 0.2) is 52.2 Å². The van der Waals surface area contributed by atoms with E-state index >= 15 is 0 Å². The highest BCUT2D eigenvalue weighted by Crippen LogP contribution is 2.25. The number of thiazole rings is 1. The van der Waals surface area contributed by atoms with Gasteiger partial charge in [0.05, 0.1) is 16.8 Å². The van der Waals surface area contributed by atoms with Crippen LogP contribution in [0.3, 0.4) is 0 Å². The molecule has 4 rings (SSSR count). The number of fused-ring (bicyclic) bond motifs is 2. The van der Waals surface area contributed by atoms with E-state index in [1.807, 2.05) is 0 Å². The van der Waals surface area contributed by atoms with Crippen LogP contribution in [0.25, 0.3) is 10.2 Å². The molecule has 2 aliphatic rings. The van der Waals surface area contributed by atoms with E-state index in [9.17, 15) is 32.7 Å². The third-order valence-corrected chi connectivity index (χ3v) is 9.27. The highest BCUT2D eigenvalue weighted by molar-refractivity contribution is 7.91. The number of urea groups is 1. The van der Waals surface area contributed by atoms with Gasteiger partial charge in [0.1, 0.15) is 24.9 Å². The molecule has 0 radical (unpaired) electrons. The molecule has 1 atom stereocenters. The van der Waals surface area contributed by atoms with Crippen molar-refractivity contribution in [2.75, 3.05) is 45.9 Å². The van der Waals surface area contributed by atoms with Gasteiger partial charge in [-0.1, -0.05) is 12.1 Å². The van der Waals surface area contributed by atoms with Gasteiger partial charge in [0, 0.05) is 43.7 Å². The lowest BCUT2D eigenvalue weighted by Gasteiger charge is -2.30. The monoisotopic (exact) mass is 679 g/mol. The Morgan fingerprint density at radius 3 is 2.65 bits per heavy atom. The van der Waals surface area contributed by atoms with Crippen molar-refractivity contribution in [3.05, 3.63) is 47.8 Å². The molecule has 0 saturated carbocycles. The van der Waals surface area contributed by atoms with Crippen molar-refractivity contribution in [1.82, 2.24) is 35.5 Å². The maximum atomic E-state index is 13.1. The first kappa shape index (κ1) is 34.6. The third-order valence-electron chi connectivity index (χ3n) is 6.39. The molecule has 4 amide bonds. The molecule has 0 bridgehead atoms. The number of carboxylic acid groups (broad SMARTS) is 1. The zero-order valence-electron chi connectivity index (χ0n) is 25.6. The molecule has 1 aromatic heterocycles.